The molecular weight excluding hydrogens is 494 g/mol. The van der Waals surface area contributed by atoms with E-state index in [0.29, 0.717) is 22.7 Å². The van der Waals surface area contributed by atoms with Crippen molar-refractivity contribution in [2.45, 2.75) is 78.4 Å². The largest absolute Gasteiger partial charge is 0.456 e. The fourth-order valence-electron chi connectivity index (χ4n) is 4.97. The molecule has 1 aliphatic rings. The number of esters is 1. The summed E-state index contributed by atoms with van der Waals surface area (Å²) in [6, 6.07) is 16.3. The summed E-state index contributed by atoms with van der Waals surface area (Å²) in [5, 5.41) is 13.3. The second kappa shape index (κ2) is 12.0. The number of carbonyl (C=O) groups excluding carboxylic acids is 1. The third-order valence-corrected chi connectivity index (χ3v) is 7.14. The van der Waals surface area contributed by atoms with Crippen LogP contribution in [0, 0.1) is 17.2 Å². The Balaban J connectivity index is 1.80. The Bertz CT molecular complexity index is 1300. The Kier molecular flexibility index (Phi) is 8.68. The van der Waals surface area contributed by atoms with Gasteiger partial charge in [-0.25, -0.2) is 4.79 Å². The highest BCUT2D eigenvalue weighted by Gasteiger charge is 2.26. The van der Waals surface area contributed by atoms with Crippen LogP contribution in [-0.2, 0) is 4.74 Å². The molecule has 0 unspecified atom stereocenters. The van der Waals surface area contributed by atoms with Crippen molar-refractivity contribution in [1.82, 2.24) is 9.36 Å². The lowest BCUT2D eigenvalue weighted by molar-refractivity contribution is 0.00704. The topological polar surface area (TPSA) is 91.1 Å². The number of nitriles is 1. The number of aromatic nitrogens is 2. The fraction of sp³-hybridized carbons (Fsp3) is 0.467. The van der Waals surface area contributed by atoms with E-state index in [4.69, 9.17) is 4.74 Å². The van der Waals surface area contributed by atoms with Crippen LogP contribution in [0.3, 0.4) is 0 Å². The number of rotatable bonds is 8. The molecule has 1 fully saturated rings. The van der Waals surface area contributed by atoms with Gasteiger partial charge in [0.05, 0.1) is 16.9 Å². The molecule has 2 aromatic carbocycles. The second-order valence-corrected chi connectivity index (χ2v) is 12.0. The average Bonchev–Trinajstić information content (AvgIpc) is 3.34. The van der Waals surface area contributed by atoms with Gasteiger partial charge < -0.3 is 15.0 Å². The molecule has 3 aromatic rings. The van der Waals surface area contributed by atoms with Gasteiger partial charge in [0.2, 0.25) is 11.0 Å². The highest BCUT2D eigenvalue weighted by atomic mass is 32.1. The summed E-state index contributed by atoms with van der Waals surface area (Å²) in [4.78, 5) is 19.9. The van der Waals surface area contributed by atoms with Gasteiger partial charge in [0.25, 0.3) is 0 Å². The van der Waals surface area contributed by atoms with Crippen LogP contribution in [-0.4, -0.2) is 33.5 Å². The molecule has 0 amide bonds. The number of nitrogens with one attached hydrogen (secondary N) is 1. The molecule has 4 rings (SSSR count). The maximum Gasteiger partial charge on any atom is 0.339 e. The van der Waals surface area contributed by atoms with Crippen LogP contribution < -0.4 is 10.2 Å². The molecule has 200 valence electrons. The van der Waals surface area contributed by atoms with Gasteiger partial charge in [0.1, 0.15) is 11.7 Å². The second-order valence-electron chi connectivity index (χ2n) is 11.3. The van der Waals surface area contributed by atoms with Gasteiger partial charge >= 0.3 is 5.97 Å². The van der Waals surface area contributed by atoms with Crippen LogP contribution in [0.5, 0.6) is 0 Å². The Hall–Kier alpha value is -3.44. The molecule has 1 aliphatic carbocycles. The molecule has 0 saturated heterocycles. The number of anilines is 3. The first kappa shape index (κ1) is 27.6. The number of benzene rings is 2. The lowest BCUT2D eigenvalue weighted by atomic mass is 9.92. The van der Waals surface area contributed by atoms with E-state index in [9.17, 15) is 10.1 Å². The van der Waals surface area contributed by atoms with Gasteiger partial charge in [0, 0.05) is 24.1 Å². The van der Waals surface area contributed by atoms with Crippen LogP contribution in [0.4, 0.5) is 16.5 Å². The summed E-state index contributed by atoms with van der Waals surface area (Å²) in [6.45, 7) is 11.0. The summed E-state index contributed by atoms with van der Waals surface area (Å²) in [7, 11) is 0. The summed E-state index contributed by atoms with van der Waals surface area (Å²) >= 11 is 1.17. The predicted octanol–water partition coefficient (Wildman–Crippen LogP) is 7.57. The number of carbonyl (C=O) groups is 1. The molecule has 0 spiro atoms. The van der Waals surface area contributed by atoms with Crippen molar-refractivity contribution >= 4 is 34.0 Å². The molecule has 1 heterocycles. The number of ether oxygens (including phenoxy) is 1. The van der Waals surface area contributed by atoms with Gasteiger partial charge in [0.15, 0.2) is 0 Å². The van der Waals surface area contributed by atoms with E-state index in [-0.39, 0.29) is 11.8 Å². The molecule has 1 N–H and O–H groups in total. The average molecular weight is 532 g/mol. The Morgan fingerprint density at radius 2 is 1.92 bits per heavy atom. The highest BCUT2D eigenvalue weighted by Crippen LogP contribution is 2.38. The molecule has 0 radical (unpaired) electrons. The van der Waals surface area contributed by atoms with Crippen molar-refractivity contribution in [2.75, 3.05) is 16.8 Å². The monoisotopic (exact) mass is 531 g/mol. The van der Waals surface area contributed by atoms with E-state index in [1.165, 1.54) is 43.6 Å². The van der Waals surface area contributed by atoms with Crippen LogP contribution in [0.15, 0.2) is 42.5 Å². The minimum Gasteiger partial charge on any atom is -0.456 e. The minimum absolute atomic E-state index is 0.150. The first-order valence-electron chi connectivity index (χ1n) is 13.4. The zero-order chi connectivity index (χ0) is 27.3. The number of hydrogen-bond acceptors (Lipinski definition) is 8. The van der Waals surface area contributed by atoms with Gasteiger partial charge in [-0.05, 0) is 68.9 Å². The van der Waals surface area contributed by atoms with E-state index in [2.05, 4.69) is 51.6 Å². The molecule has 1 saturated carbocycles. The van der Waals surface area contributed by atoms with E-state index in [1.54, 1.807) is 6.07 Å². The van der Waals surface area contributed by atoms with E-state index >= 15 is 0 Å². The quantitative estimate of drug-likeness (QED) is 0.300. The summed E-state index contributed by atoms with van der Waals surface area (Å²) < 4.78 is 9.83. The van der Waals surface area contributed by atoms with Gasteiger partial charge in [-0.15, -0.1) is 0 Å². The lowest BCUT2D eigenvalue weighted by Crippen LogP contribution is -2.39. The Morgan fingerprint density at radius 1 is 1.18 bits per heavy atom. The molecule has 0 atom stereocenters. The van der Waals surface area contributed by atoms with Gasteiger partial charge in [-0.1, -0.05) is 57.4 Å². The van der Waals surface area contributed by atoms with E-state index in [0.717, 1.165) is 29.0 Å². The fourth-order valence-corrected chi connectivity index (χ4v) is 5.50. The molecule has 1 aromatic heterocycles. The van der Waals surface area contributed by atoms with Crippen molar-refractivity contribution in [3.05, 3.63) is 53.9 Å². The summed E-state index contributed by atoms with van der Waals surface area (Å²) in [6.07, 6.45) is 6.12. The highest BCUT2D eigenvalue weighted by molar-refractivity contribution is 7.09. The SMILES string of the molecule is CC(C)CN(c1ccc(-c2ccccc2C(=O)OC(C)(C)C)cc1Nc1nc(C#N)ns1)C1CCCCC1. The van der Waals surface area contributed by atoms with Crippen LogP contribution >= 0.6 is 11.5 Å². The third-order valence-electron chi connectivity index (χ3n) is 6.51. The Morgan fingerprint density at radius 3 is 2.58 bits per heavy atom. The normalized spacial score (nSPS) is 14.2. The minimum atomic E-state index is -0.589. The number of nitrogens with zero attached hydrogens (tertiary/aromatic N) is 4. The maximum atomic E-state index is 13.1. The van der Waals surface area contributed by atoms with Crippen molar-refractivity contribution < 1.29 is 9.53 Å². The van der Waals surface area contributed by atoms with Crippen molar-refractivity contribution in [2.24, 2.45) is 5.92 Å². The molecule has 0 bridgehead atoms. The van der Waals surface area contributed by atoms with Crippen molar-refractivity contribution in [1.29, 1.82) is 5.26 Å². The lowest BCUT2D eigenvalue weighted by Gasteiger charge is -2.38. The van der Waals surface area contributed by atoms with Crippen LogP contribution in [0.1, 0.15) is 82.9 Å². The van der Waals surface area contributed by atoms with Crippen molar-refractivity contribution in [3.8, 4) is 17.2 Å². The molecule has 0 aliphatic heterocycles. The van der Waals surface area contributed by atoms with Crippen LogP contribution in [0.2, 0.25) is 0 Å². The predicted molar refractivity (Wildman–Crippen MR) is 154 cm³/mol. The summed E-state index contributed by atoms with van der Waals surface area (Å²) in [5.74, 6) is 0.291. The van der Waals surface area contributed by atoms with Gasteiger partial charge in [-0.2, -0.15) is 14.6 Å². The molecule has 38 heavy (non-hydrogen) atoms. The smallest absolute Gasteiger partial charge is 0.339 e. The van der Waals surface area contributed by atoms with E-state index < -0.39 is 5.60 Å². The summed E-state index contributed by atoms with van der Waals surface area (Å²) in [5.41, 5.74) is 3.62. The van der Waals surface area contributed by atoms with Gasteiger partial charge in [-0.3, -0.25) is 0 Å². The first-order chi connectivity index (χ1) is 18.1. The molecule has 7 nitrogen and oxygen atoms in total. The molecular formula is C30H37N5O2S. The zero-order valence-corrected chi connectivity index (χ0v) is 23.8. The van der Waals surface area contributed by atoms with Crippen LogP contribution in [0.25, 0.3) is 11.1 Å². The first-order valence-corrected chi connectivity index (χ1v) is 14.2. The van der Waals surface area contributed by atoms with Crippen molar-refractivity contribution in [3.63, 3.8) is 0 Å². The maximum absolute atomic E-state index is 13.1. The van der Waals surface area contributed by atoms with E-state index in [1.807, 2.05) is 45.0 Å². The zero-order valence-electron chi connectivity index (χ0n) is 23.0. The molecule has 8 heteroatoms. The Labute approximate surface area is 230 Å². The standard InChI is InChI=1S/C30H37N5O2S/c1-20(2)19-35(22-11-7-6-8-12-22)26-16-15-21(17-25(26)32-29-33-27(18-31)34-38-29)23-13-9-10-14-24(23)28(36)37-30(3,4)5/h9-10,13-17,20,22H,6-8,11-12,19H2,1-5H3,(H,32,33,34). The third kappa shape index (κ3) is 6.90. The number of hydrogen-bond donors (Lipinski definition) is 1.